The summed E-state index contributed by atoms with van der Waals surface area (Å²) in [5, 5.41) is 5.28. The Kier molecular flexibility index (Phi) is 6.62. The summed E-state index contributed by atoms with van der Waals surface area (Å²) in [6, 6.07) is -0.866. The summed E-state index contributed by atoms with van der Waals surface area (Å²) in [5.41, 5.74) is -1.22. The quantitative estimate of drug-likeness (QED) is 0.564. The van der Waals surface area contributed by atoms with E-state index in [1.54, 1.807) is 41.5 Å². The van der Waals surface area contributed by atoms with E-state index in [1.807, 2.05) is 0 Å². The van der Waals surface area contributed by atoms with Crippen LogP contribution in [0.4, 0.5) is 4.79 Å². The van der Waals surface area contributed by atoms with E-state index in [0.717, 1.165) is 12.8 Å². The molecule has 0 aromatic rings. The summed E-state index contributed by atoms with van der Waals surface area (Å²) in [7, 11) is 0. The van der Waals surface area contributed by atoms with Crippen LogP contribution in [-0.2, 0) is 19.1 Å². The number of carbonyl (C=O) groups is 3. The maximum absolute atomic E-state index is 12.4. The standard InChI is InChI=1S/C18H30N2O5/c1-11(14(21)19-12-8-9-12)10-13(15(22)24-17(2,3)4)20-16(23)25-18(5,6)7/h12-13H,1,8-10H2,2-7H3,(H,19,21)(H,20,23)/t13-/m0/s1. The van der Waals surface area contributed by atoms with Crippen molar-refractivity contribution in [3.8, 4) is 0 Å². The lowest BCUT2D eigenvalue weighted by molar-refractivity contribution is -0.157. The molecule has 0 aromatic heterocycles. The number of amides is 2. The maximum atomic E-state index is 12.4. The van der Waals surface area contributed by atoms with E-state index in [-0.39, 0.29) is 23.9 Å². The molecule has 0 aliphatic heterocycles. The van der Waals surface area contributed by atoms with Crippen LogP contribution in [0.25, 0.3) is 0 Å². The molecule has 1 rings (SSSR count). The number of carbonyl (C=O) groups excluding carboxylic acids is 3. The Labute approximate surface area is 149 Å². The van der Waals surface area contributed by atoms with Gasteiger partial charge in [0.1, 0.15) is 17.2 Å². The number of nitrogens with one attached hydrogen (secondary N) is 2. The fourth-order valence-corrected chi connectivity index (χ4v) is 1.87. The highest BCUT2D eigenvalue weighted by atomic mass is 16.6. The smallest absolute Gasteiger partial charge is 0.408 e. The molecule has 25 heavy (non-hydrogen) atoms. The summed E-state index contributed by atoms with van der Waals surface area (Å²) >= 11 is 0. The van der Waals surface area contributed by atoms with Gasteiger partial charge >= 0.3 is 12.1 Å². The van der Waals surface area contributed by atoms with Crippen LogP contribution in [0, 0.1) is 0 Å². The van der Waals surface area contributed by atoms with Gasteiger partial charge in [0.15, 0.2) is 0 Å². The van der Waals surface area contributed by atoms with Gasteiger partial charge in [-0.3, -0.25) is 4.79 Å². The lowest BCUT2D eigenvalue weighted by Gasteiger charge is -2.26. The molecule has 1 saturated carbocycles. The molecule has 0 unspecified atom stereocenters. The summed E-state index contributed by atoms with van der Waals surface area (Å²) in [6.07, 6.45) is 1.10. The Morgan fingerprint density at radius 1 is 1.04 bits per heavy atom. The van der Waals surface area contributed by atoms with Crippen molar-refractivity contribution in [2.75, 3.05) is 0 Å². The first-order valence-electron chi connectivity index (χ1n) is 8.48. The highest BCUT2D eigenvalue weighted by molar-refractivity contribution is 5.94. The van der Waals surface area contributed by atoms with Gasteiger partial charge in [-0.15, -0.1) is 0 Å². The zero-order chi connectivity index (χ0) is 19.4. The highest BCUT2D eigenvalue weighted by Gasteiger charge is 2.31. The van der Waals surface area contributed by atoms with Crippen molar-refractivity contribution in [3.05, 3.63) is 12.2 Å². The van der Waals surface area contributed by atoms with Crippen molar-refractivity contribution in [1.82, 2.24) is 10.6 Å². The first-order chi connectivity index (χ1) is 11.3. The molecule has 1 aliphatic carbocycles. The molecule has 0 bridgehead atoms. The lowest BCUT2D eigenvalue weighted by atomic mass is 10.1. The second-order valence-electron chi connectivity index (χ2n) is 8.29. The molecule has 1 atom stereocenters. The van der Waals surface area contributed by atoms with Crippen molar-refractivity contribution < 1.29 is 23.9 Å². The Balaban J connectivity index is 2.75. The molecule has 1 aliphatic rings. The van der Waals surface area contributed by atoms with E-state index in [9.17, 15) is 14.4 Å². The molecule has 2 N–H and O–H groups in total. The monoisotopic (exact) mass is 354 g/mol. The zero-order valence-corrected chi connectivity index (χ0v) is 16.0. The molecule has 1 fully saturated rings. The molecule has 0 radical (unpaired) electrons. The second-order valence-corrected chi connectivity index (χ2v) is 8.29. The summed E-state index contributed by atoms with van der Waals surface area (Å²) in [4.78, 5) is 36.4. The molecular weight excluding hydrogens is 324 g/mol. The number of rotatable bonds is 6. The third kappa shape index (κ3) is 9.12. The van der Waals surface area contributed by atoms with Crippen molar-refractivity contribution in [2.45, 2.75) is 84.1 Å². The summed E-state index contributed by atoms with van der Waals surface area (Å²) in [5.74, 6) is -0.958. The van der Waals surface area contributed by atoms with E-state index in [2.05, 4.69) is 17.2 Å². The van der Waals surface area contributed by atoms with E-state index in [4.69, 9.17) is 9.47 Å². The Hall–Kier alpha value is -2.05. The lowest BCUT2D eigenvalue weighted by Crippen LogP contribution is -2.46. The fourth-order valence-electron chi connectivity index (χ4n) is 1.87. The normalized spacial score (nSPS) is 15.8. The molecular formula is C18H30N2O5. The number of hydrogen-bond donors (Lipinski definition) is 2. The summed E-state index contributed by atoms with van der Waals surface area (Å²) in [6.45, 7) is 14.1. The molecule has 2 amide bonds. The van der Waals surface area contributed by atoms with Crippen LogP contribution >= 0.6 is 0 Å². The third-order valence-electron chi connectivity index (χ3n) is 3.07. The van der Waals surface area contributed by atoms with Crippen LogP contribution in [0.5, 0.6) is 0 Å². The van der Waals surface area contributed by atoms with Crippen molar-refractivity contribution in [3.63, 3.8) is 0 Å². The second kappa shape index (κ2) is 7.89. The molecule has 142 valence electrons. The molecule has 7 heteroatoms. The minimum absolute atomic E-state index is 0.0489. The van der Waals surface area contributed by atoms with E-state index >= 15 is 0 Å². The van der Waals surface area contributed by atoms with Crippen molar-refractivity contribution >= 4 is 18.0 Å². The van der Waals surface area contributed by atoms with Gasteiger partial charge in [0, 0.05) is 18.0 Å². The highest BCUT2D eigenvalue weighted by Crippen LogP contribution is 2.20. The minimum Gasteiger partial charge on any atom is -0.458 e. The first-order valence-corrected chi connectivity index (χ1v) is 8.48. The third-order valence-corrected chi connectivity index (χ3v) is 3.07. The van der Waals surface area contributed by atoms with Gasteiger partial charge in [0.2, 0.25) is 5.91 Å². The molecule has 0 spiro atoms. The number of esters is 1. The van der Waals surface area contributed by atoms with Crippen LogP contribution in [0.1, 0.15) is 60.8 Å². The van der Waals surface area contributed by atoms with Gasteiger partial charge in [-0.1, -0.05) is 6.58 Å². The van der Waals surface area contributed by atoms with Crippen LogP contribution in [0.2, 0.25) is 0 Å². The number of hydrogen-bond acceptors (Lipinski definition) is 5. The number of alkyl carbamates (subject to hydrolysis) is 1. The predicted molar refractivity (Wildman–Crippen MR) is 93.9 cm³/mol. The summed E-state index contributed by atoms with van der Waals surface area (Å²) < 4.78 is 10.5. The van der Waals surface area contributed by atoms with Gasteiger partial charge < -0.3 is 20.1 Å². The Bertz CT molecular complexity index is 539. The van der Waals surface area contributed by atoms with Gasteiger partial charge in [0.05, 0.1) is 0 Å². The van der Waals surface area contributed by atoms with Gasteiger partial charge in [-0.25, -0.2) is 9.59 Å². The average molecular weight is 354 g/mol. The Morgan fingerprint density at radius 3 is 2.00 bits per heavy atom. The van der Waals surface area contributed by atoms with Gasteiger partial charge in [-0.2, -0.15) is 0 Å². The van der Waals surface area contributed by atoms with Crippen molar-refractivity contribution in [2.24, 2.45) is 0 Å². The van der Waals surface area contributed by atoms with E-state index in [1.165, 1.54) is 0 Å². The molecule has 0 aromatic carbocycles. The predicted octanol–water partition coefficient (Wildman–Crippen LogP) is 2.45. The van der Waals surface area contributed by atoms with Crippen LogP contribution in [-0.4, -0.2) is 41.3 Å². The molecule has 0 heterocycles. The Morgan fingerprint density at radius 2 is 1.56 bits per heavy atom. The zero-order valence-electron chi connectivity index (χ0n) is 16.0. The number of ether oxygens (including phenoxy) is 2. The SMILES string of the molecule is C=C(C[C@H](NC(=O)OC(C)(C)C)C(=O)OC(C)(C)C)C(=O)NC1CC1. The van der Waals surface area contributed by atoms with Crippen LogP contribution < -0.4 is 10.6 Å². The van der Waals surface area contributed by atoms with Crippen molar-refractivity contribution in [1.29, 1.82) is 0 Å². The largest absolute Gasteiger partial charge is 0.458 e. The molecule has 7 nitrogen and oxygen atoms in total. The van der Waals surface area contributed by atoms with E-state index in [0.29, 0.717) is 0 Å². The average Bonchev–Trinajstić information content (AvgIpc) is 3.17. The maximum Gasteiger partial charge on any atom is 0.408 e. The first kappa shape index (κ1) is 21.0. The molecule has 0 saturated heterocycles. The topological polar surface area (TPSA) is 93.7 Å². The fraction of sp³-hybridized carbons (Fsp3) is 0.722. The van der Waals surface area contributed by atoms with E-state index < -0.39 is 29.3 Å². The van der Waals surface area contributed by atoms with Gasteiger partial charge in [0.25, 0.3) is 0 Å². The minimum atomic E-state index is -1.05. The van der Waals surface area contributed by atoms with Crippen LogP contribution in [0.15, 0.2) is 12.2 Å². The van der Waals surface area contributed by atoms with Gasteiger partial charge in [-0.05, 0) is 54.4 Å². The van der Waals surface area contributed by atoms with Crippen LogP contribution in [0.3, 0.4) is 0 Å².